The number of para-hydroxylation sites is 3. The summed E-state index contributed by atoms with van der Waals surface area (Å²) in [5, 5.41) is 6.16. The summed E-state index contributed by atoms with van der Waals surface area (Å²) in [6.45, 7) is 0. The topological polar surface area (TPSA) is 22.8 Å². The highest BCUT2D eigenvalue weighted by Gasteiger charge is 2.19. The van der Waals surface area contributed by atoms with Crippen molar-refractivity contribution < 1.29 is 0 Å². The van der Waals surface area contributed by atoms with Crippen LogP contribution in [-0.2, 0) is 0 Å². The van der Waals surface area contributed by atoms with E-state index in [1.807, 2.05) is 0 Å². The fourth-order valence-corrected chi connectivity index (χ4v) is 8.69. The molecule has 1 unspecified atom stereocenters. The number of fused-ring (bicyclic) bond motifs is 7. The number of hydrogen-bond donors (Lipinski definition) is 0. The van der Waals surface area contributed by atoms with E-state index < -0.39 is 0 Å². The first kappa shape index (κ1) is 30.6. The number of pyridine rings is 1. The zero-order valence-electron chi connectivity index (χ0n) is 29.6. The molecule has 0 N–H and O–H groups in total. The number of allylic oxidation sites excluding steroid dienone is 4. The van der Waals surface area contributed by atoms with Crippen LogP contribution in [0, 0.1) is 0 Å². The molecule has 10 aromatic rings. The van der Waals surface area contributed by atoms with Gasteiger partial charge in [0.1, 0.15) is 5.82 Å². The lowest BCUT2D eigenvalue weighted by Crippen LogP contribution is -2.06. The molecule has 1 atom stereocenters. The number of aromatic nitrogens is 3. The van der Waals surface area contributed by atoms with Gasteiger partial charge in [-0.2, -0.15) is 0 Å². The van der Waals surface area contributed by atoms with Gasteiger partial charge in [0.05, 0.1) is 22.6 Å². The Morgan fingerprint density at radius 1 is 0.426 bits per heavy atom. The third kappa shape index (κ3) is 4.86. The van der Waals surface area contributed by atoms with Crippen LogP contribution in [0.1, 0.15) is 12.5 Å². The van der Waals surface area contributed by atoms with Gasteiger partial charge in [0.2, 0.25) is 0 Å². The average molecular weight is 690 g/mol. The van der Waals surface area contributed by atoms with E-state index in [-0.39, 0.29) is 0 Å². The predicted molar refractivity (Wildman–Crippen MR) is 227 cm³/mol. The van der Waals surface area contributed by atoms with E-state index in [9.17, 15) is 0 Å². The van der Waals surface area contributed by atoms with E-state index in [4.69, 9.17) is 4.98 Å². The molecule has 0 saturated carbocycles. The van der Waals surface area contributed by atoms with Crippen molar-refractivity contribution in [1.29, 1.82) is 0 Å². The minimum absolute atomic E-state index is 0.309. The second kappa shape index (κ2) is 12.3. The minimum atomic E-state index is 0.309. The van der Waals surface area contributed by atoms with Crippen molar-refractivity contribution in [3.05, 3.63) is 194 Å². The Morgan fingerprint density at radius 2 is 0.981 bits per heavy atom. The molecule has 3 nitrogen and oxygen atoms in total. The summed E-state index contributed by atoms with van der Waals surface area (Å²) in [6, 6.07) is 62.0. The Bertz CT molecular complexity index is 3120. The van der Waals surface area contributed by atoms with Gasteiger partial charge >= 0.3 is 0 Å². The fourth-order valence-electron chi connectivity index (χ4n) is 8.69. The Balaban J connectivity index is 1.06. The lowest BCUT2D eigenvalue weighted by molar-refractivity contribution is 0.648. The summed E-state index contributed by atoms with van der Waals surface area (Å²) < 4.78 is 4.85. The van der Waals surface area contributed by atoms with Crippen molar-refractivity contribution >= 4 is 54.5 Å². The molecule has 0 amide bonds. The number of hydrogen-bond acceptors (Lipinski definition) is 1. The van der Waals surface area contributed by atoms with Crippen molar-refractivity contribution in [2.45, 2.75) is 12.5 Å². The highest BCUT2D eigenvalue weighted by Crippen LogP contribution is 2.40. The third-order valence-electron chi connectivity index (χ3n) is 11.2. The zero-order chi connectivity index (χ0) is 35.6. The van der Waals surface area contributed by atoms with Gasteiger partial charge in [-0.3, -0.25) is 4.57 Å². The van der Waals surface area contributed by atoms with Crippen molar-refractivity contribution in [3.63, 3.8) is 0 Å². The molecule has 3 heteroatoms. The van der Waals surface area contributed by atoms with Crippen molar-refractivity contribution in [2.24, 2.45) is 0 Å². The zero-order valence-corrected chi connectivity index (χ0v) is 29.6. The molecule has 7 aromatic carbocycles. The van der Waals surface area contributed by atoms with Crippen LogP contribution in [0.3, 0.4) is 0 Å². The Morgan fingerprint density at radius 3 is 1.74 bits per heavy atom. The lowest BCUT2D eigenvalue weighted by atomic mass is 9.98. The summed E-state index contributed by atoms with van der Waals surface area (Å²) >= 11 is 0. The normalized spacial score (nSPS) is 14.3. The van der Waals surface area contributed by atoms with Gasteiger partial charge in [0.15, 0.2) is 0 Å². The minimum Gasteiger partial charge on any atom is -0.333 e. The average Bonchev–Trinajstić information content (AvgIpc) is 3.76. The maximum Gasteiger partial charge on any atom is 0.138 e. The van der Waals surface area contributed by atoms with Crippen LogP contribution in [0.15, 0.2) is 194 Å². The Hall–Kier alpha value is -6.97. The first-order valence-electron chi connectivity index (χ1n) is 18.7. The quantitative estimate of drug-likeness (QED) is 0.176. The van der Waals surface area contributed by atoms with E-state index in [0.29, 0.717) is 6.04 Å². The van der Waals surface area contributed by atoms with Crippen LogP contribution >= 0.6 is 0 Å². The van der Waals surface area contributed by atoms with E-state index >= 15 is 0 Å². The molecular formula is C51H35N3. The van der Waals surface area contributed by atoms with Gasteiger partial charge in [-0.05, 0) is 88.3 Å². The first-order chi connectivity index (χ1) is 26.8. The number of benzene rings is 7. The molecular weight excluding hydrogens is 655 g/mol. The molecule has 0 bridgehead atoms. The molecule has 0 saturated heterocycles. The first-order valence-corrected chi connectivity index (χ1v) is 18.7. The van der Waals surface area contributed by atoms with E-state index in [2.05, 4.69) is 203 Å². The second-order valence-corrected chi connectivity index (χ2v) is 14.3. The maximum atomic E-state index is 5.31. The van der Waals surface area contributed by atoms with Crippen LogP contribution in [0.2, 0.25) is 0 Å². The van der Waals surface area contributed by atoms with Gasteiger partial charge in [-0.25, -0.2) is 4.98 Å². The molecule has 1 aliphatic rings. The summed E-state index contributed by atoms with van der Waals surface area (Å²) in [6.07, 6.45) is 9.91. The molecule has 11 rings (SSSR count). The molecule has 0 spiro atoms. The predicted octanol–water partition coefficient (Wildman–Crippen LogP) is 13.5. The third-order valence-corrected chi connectivity index (χ3v) is 11.2. The highest BCUT2D eigenvalue weighted by molar-refractivity contribution is 6.12. The van der Waals surface area contributed by atoms with Gasteiger partial charge in [-0.1, -0.05) is 146 Å². The highest BCUT2D eigenvalue weighted by atomic mass is 15.1. The van der Waals surface area contributed by atoms with Crippen LogP contribution in [0.5, 0.6) is 0 Å². The molecule has 3 heterocycles. The van der Waals surface area contributed by atoms with Crippen LogP contribution in [-0.4, -0.2) is 14.1 Å². The van der Waals surface area contributed by atoms with Gasteiger partial charge in [0.25, 0.3) is 0 Å². The van der Waals surface area contributed by atoms with Crippen molar-refractivity contribution in [1.82, 2.24) is 14.1 Å². The van der Waals surface area contributed by atoms with Crippen LogP contribution < -0.4 is 0 Å². The van der Waals surface area contributed by atoms with Crippen LogP contribution in [0.25, 0.3) is 93.7 Å². The molecule has 3 aromatic heterocycles. The summed E-state index contributed by atoms with van der Waals surface area (Å²) in [4.78, 5) is 5.31. The molecule has 1 aliphatic carbocycles. The second-order valence-electron chi connectivity index (χ2n) is 14.3. The monoisotopic (exact) mass is 689 g/mol. The van der Waals surface area contributed by atoms with E-state index in [1.54, 1.807) is 0 Å². The largest absolute Gasteiger partial charge is 0.333 e. The smallest absolute Gasteiger partial charge is 0.138 e. The fraction of sp³-hybridized carbons (Fsp3) is 0.0392. The molecule has 0 fully saturated rings. The maximum absolute atomic E-state index is 5.31. The van der Waals surface area contributed by atoms with Gasteiger partial charge in [0, 0.05) is 38.0 Å². The molecule has 254 valence electrons. The van der Waals surface area contributed by atoms with Crippen LogP contribution in [0.4, 0.5) is 0 Å². The number of rotatable bonds is 5. The molecule has 0 radical (unpaired) electrons. The summed E-state index contributed by atoms with van der Waals surface area (Å²) in [5.41, 5.74) is 13.0. The van der Waals surface area contributed by atoms with Crippen molar-refractivity contribution in [2.75, 3.05) is 0 Å². The number of nitrogens with zero attached hydrogens (tertiary/aromatic N) is 3. The van der Waals surface area contributed by atoms with Gasteiger partial charge in [-0.15, -0.1) is 0 Å². The summed E-state index contributed by atoms with van der Waals surface area (Å²) in [7, 11) is 0. The Labute approximate surface area is 313 Å². The van der Waals surface area contributed by atoms with E-state index in [0.717, 1.165) is 34.2 Å². The van der Waals surface area contributed by atoms with E-state index in [1.165, 1.54) is 66.0 Å². The standard InChI is InChI=1S/C51H35N3/c1-3-13-34(14-4-1)35-23-25-36(26-24-35)43-33-51(52-46-20-10-7-17-40(43)46)54-48-22-12-9-19-42(48)45-32-38(28-30-50(45)54)37-27-29-49-44(31-37)41-18-8-11-21-47(41)53(49)39-15-5-2-6-16-39/h1-15,17-33,39H,16H2. The van der Waals surface area contributed by atoms with Gasteiger partial charge < -0.3 is 4.57 Å². The molecule has 0 aliphatic heterocycles. The lowest BCUT2D eigenvalue weighted by Gasteiger charge is -2.18. The summed E-state index contributed by atoms with van der Waals surface area (Å²) in [5.74, 6) is 0.913. The Kier molecular flexibility index (Phi) is 6.99. The SMILES string of the molecule is C1=CCC(n2c3ccccc3c3cc(-c4ccc5c(c4)c4ccccc4n5-c4cc(-c5ccc(-c6ccccc6)cc5)c5ccccc5n4)ccc32)C=C1. The molecule has 54 heavy (non-hydrogen) atoms. The van der Waals surface area contributed by atoms with Crippen molar-refractivity contribution in [3.8, 4) is 39.2 Å².